The Morgan fingerprint density at radius 2 is 1.64 bits per heavy atom. The van der Waals surface area contributed by atoms with Crippen molar-refractivity contribution in [3.63, 3.8) is 0 Å². The molecule has 2 saturated heterocycles. The van der Waals surface area contributed by atoms with Crippen molar-refractivity contribution in [3.8, 4) is 0 Å². The smallest absolute Gasteiger partial charge is 0.255 e. The van der Waals surface area contributed by atoms with E-state index in [4.69, 9.17) is 11.6 Å². The minimum absolute atomic E-state index is 0.0168. The van der Waals surface area contributed by atoms with Gasteiger partial charge in [0.25, 0.3) is 5.91 Å². The molecule has 2 aliphatic rings. The first-order chi connectivity index (χ1) is 13.5. The highest BCUT2D eigenvalue weighted by Crippen LogP contribution is 2.25. The van der Waals surface area contributed by atoms with Gasteiger partial charge in [0.2, 0.25) is 5.91 Å². The molecular weight excluding hydrogens is 374 g/mol. The van der Waals surface area contributed by atoms with E-state index in [0.717, 1.165) is 58.5 Å². The zero-order valence-corrected chi connectivity index (χ0v) is 17.8. The first-order valence-corrected chi connectivity index (χ1v) is 10.9. The van der Waals surface area contributed by atoms with Gasteiger partial charge in [0.05, 0.1) is 10.6 Å². The minimum atomic E-state index is 0.0168. The van der Waals surface area contributed by atoms with Gasteiger partial charge in [-0.05, 0) is 51.2 Å². The molecule has 0 saturated carbocycles. The molecule has 0 bridgehead atoms. The Labute approximate surface area is 173 Å². The number of carbonyl (C=O) groups is 2. The molecule has 2 heterocycles. The maximum Gasteiger partial charge on any atom is 0.255 e. The van der Waals surface area contributed by atoms with Crippen LogP contribution in [0, 0.1) is 5.92 Å². The number of likely N-dealkylation sites (tertiary alicyclic amines) is 1. The number of piperidine rings is 1. The van der Waals surface area contributed by atoms with Crippen molar-refractivity contribution in [2.75, 3.05) is 39.3 Å². The van der Waals surface area contributed by atoms with Crippen LogP contribution in [0.2, 0.25) is 5.02 Å². The van der Waals surface area contributed by atoms with Crippen molar-refractivity contribution in [3.05, 3.63) is 34.9 Å². The van der Waals surface area contributed by atoms with E-state index < -0.39 is 0 Å². The first-order valence-electron chi connectivity index (χ1n) is 10.5. The van der Waals surface area contributed by atoms with Gasteiger partial charge in [0, 0.05) is 51.7 Å². The number of halogens is 1. The lowest BCUT2D eigenvalue weighted by atomic mass is 9.91. The number of nitrogens with zero attached hydrogens (tertiary/aromatic N) is 3. The standard InChI is InChI=1S/C22H32ClN3O2/c1-17(2)24-13-15-25(16-14-24)21(27)8-7-18-9-11-26(12-10-18)22(28)19-5-3-4-6-20(19)23/h3-6,17-18H,7-16H2,1-2H3. The monoisotopic (exact) mass is 405 g/mol. The van der Waals surface area contributed by atoms with Gasteiger partial charge in [0.15, 0.2) is 0 Å². The number of rotatable bonds is 5. The molecule has 0 spiro atoms. The Hall–Kier alpha value is -1.59. The van der Waals surface area contributed by atoms with Crippen LogP contribution in [-0.2, 0) is 4.79 Å². The molecule has 0 aliphatic carbocycles. The third-order valence-electron chi connectivity index (χ3n) is 6.17. The summed E-state index contributed by atoms with van der Waals surface area (Å²) in [5.74, 6) is 0.831. The van der Waals surface area contributed by atoms with Gasteiger partial charge in [-0.1, -0.05) is 23.7 Å². The molecule has 1 aromatic rings. The maximum atomic E-state index is 12.7. The van der Waals surface area contributed by atoms with Crippen molar-refractivity contribution in [2.45, 2.75) is 45.6 Å². The lowest BCUT2D eigenvalue weighted by Crippen LogP contribution is -2.50. The van der Waals surface area contributed by atoms with Gasteiger partial charge in [0.1, 0.15) is 0 Å². The van der Waals surface area contributed by atoms with Gasteiger partial charge in [-0.25, -0.2) is 0 Å². The molecular formula is C22H32ClN3O2. The summed E-state index contributed by atoms with van der Waals surface area (Å²) in [5, 5.41) is 0.512. The van der Waals surface area contributed by atoms with Crippen LogP contribution in [0.5, 0.6) is 0 Å². The van der Waals surface area contributed by atoms with Crippen molar-refractivity contribution in [1.29, 1.82) is 0 Å². The summed E-state index contributed by atoms with van der Waals surface area (Å²) in [6, 6.07) is 7.78. The highest BCUT2D eigenvalue weighted by atomic mass is 35.5. The molecule has 28 heavy (non-hydrogen) atoms. The van der Waals surface area contributed by atoms with Gasteiger partial charge in [-0.2, -0.15) is 0 Å². The van der Waals surface area contributed by atoms with Crippen LogP contribution < -0.4 is 0 Å². The second-order valence-corrected chi connectivity index (χ2v) is 8.67. The number of carbonyl (C=O) groups excluding carboxylic acids is 2. The Kier molecular flexibility index (Phi) is 7.36. The average Bonchev–Trinajstić information content (AvgIpc) is 2.72. The molecule has 6 heteroatoms. The van der Waals surface area contributed by atoms with Crippen LogP contribution >= 0.6 is 11.6 Å². The lowest BCUT2D eigenvalue weighted by Gasteiger charge is -2.37. The molecule has 1 aromatic carbocycles. The second kappa shape index (κ2) is 9.75. The van der Waals surface area contributed by atoms with Crippen LogP contribution in [0.3, 0.4) is 0 Å². The number of hydrogen-bond donors (Lipinski definition) is 0. The summed E-state index contributed by atoms with van der Waals surface area (Å²) in [7, 11) is 0. The first kappa shape index (κ1) is 21.1. The second-order valence-electron chi connectivity index (χ2n) is 8.26. The number of benzene rings is 1. The minimum Gasteiger partial charge on any atom is -0.340 e. The summed E-state index contributed by atoms with van der Waals surface area (Å²) < 4.78 is 0. The highest BCUT2D eigenvalue weighted by molar-refractivity contribution is 6.33. The van der Waals surface area contributed by atoms with E-state index in [-0.39, 0.29) is 11.8 Å². The Morgan fingerprint density at radius 3 is 2.25 bits per heavy atom. The van der Waals surface area contributed by atoms with Gasteiger partial charge < -0.3 is 9.80 Å². The Bertz CT molecular complexity index is 678. The molecule has 2 fully saturated rings. The summed E-state index contributed by atoms with van der Waals surface area (Å²) >= 11 is 6.16. The largest absolute Gasteiger partial charge is 0.340 e. The predicted octanol–water partition coefficient (Wildman–Crippen LogP) is 3.53. The van der Waals surface area contributed by atoms with Gasteiger partial charge >= 0.3 is 0 Å². The topological polar surface area (TPSA) is 43.9 Å². The summed E-state index contributed by atoms with van der Waals surface area (Å²) in [6.45, 7) is 9.56. The van der Waals surface area contributed by atoms with Crippen LogP contribution in [0.25, 0.3) is 0 Å². The van der Waals surface area contributed by atoms with Crippen molar-refractivity contribution in [1.82, 2.24) is 14.7 Å². The van der Waals surface area contributed by atoms with E-state index in [9.17, 15) is 9.59 Å². The number of amides is 2. The third kappa shape index (κ3) is 5.26. The molecule has 2 aliphatic heterocycles. The summed E-state index contributed by atoms with van der Waals surface area (Å²) in [6.07, 6.45) is 3.48. The molecule has 0 aromatic heterocycles. The number of piperazine rings is 1. The molecule has 5 nitrogen and oxygen atoms in total. The predicted molar refractivity (Wildman–Crippen MR) is 113 cm³/mol. The van der Waals surface area contributed by atoms with Crippen molar-refractivity contribution in [2.24, 2.45) is 5.92 Å². The van der Waals surface area contributed by atoms with E-state index in [1.54, 1.807) is 12.1 Å². The van der Waals surface area contributed by atoms with Crippen LogP contribution in [0.15, 0.2) is 24.3 Å². The van der Waals surface area contributed by atoms with Gasteiger partial charge in [-0.3, -0.25) is 14.5 Å². The van der Waals surface area contributed by atoms with Crippen LogP contribution in [-0.4, -0.2) is 71.8 Å². The molecule has 0 radical (unpaired) electrons. The van der Waals surface area contributed by atoms with E-state index in [2.05, 4.69) is 18.7 Å². The van der Waals surface area contributed by atoms with E-state index >= 15 is 0 Å². The zero-order valence-electron chi connectivity index (χ0n) is 17.1. The van der Waals surface area contributed by atoms with Crippen molar-refractivity contribution < 1.29 is 9.59 Å². The SMILES string of the molecule is CC(C)N1CCN(C(=O)CCC2CCN(C(=O)c3ccccc3Cl)CC2)CC1. The molecule has 0 N–H and O–H groups in total. The van der Waals surface area contributed by atoms with E-state index in [0.29, 0.717) is 29.0 Å². The van der Waals surface area contributed by atoms with E-state index in [1.807, 2.05) is 21.9 Å². The molecule has 3 rings (SSSR count). The maximum absolute atomic E-state index is 12.7. The molecule has 154 valence electrons. The van der Waals surface area contributed by atoms with E-state index in [1.165, 1.54) is 0 Å². The Morgan fingerprint density at radius 1 is 1.00 bits per heavy atom. The third-order valence-corrected chi connectivity index (χ3v) is 6.50. The fourth-order valence-corrected chi connectivity index (χ4v) is 4.42. The highest BCUT2D eigenvalue weighted by Gasteiger charge is 2.26. The average molecular weight is 406 g/mol. The quantitative estimate of drug-likeness (QED) is 0.752. The van der Waals surface area contributed by atoms with Crippen LogP contribution in [0.4, 0.5) is 0 Å². The number of hydrogen-bond acceptors (Lipinski definition) is 3. The fourth-order valence-electron chi connectivity index (χ4n) is 4.20. The fraction of sp³-hybridized carbons (Fsp3) is 0.636. The Balaban J connectivity index is 1.39. The van der Waals surface area contributed by atoms with Gasteiger partial charge in [-0.15, -0.1) is 0 Å². The molecule has 2 amide bonds. The van der Waals surface area contributed by atoms with Crippen molar-refractivity contribution >= 4 is 23.4 Å². The summed E-state index contributed by atoms with van der Waals surface area (Å²) in [5.41, 5.74) is 0.582. The molecule has 0 atom stereocenters. The summed E-state index contributed by atoms with van der Waals surface area (Å²) in [4.78, 5) is 31.5. The zero-order chi connectivity index (χ0) is 20.1. The molecule has 0 unspecified atom stereocenters. The lowest BCUT2D eigenvalue weighted by molar-refractivity contribution is -0.133. The van der Waals surface area contributed by atoms with Crippen LogP contribution in [0.1, 0.15) is 49.9 Å². The normalized spacial score (nSPS) is 19.3.